The first-order valence-corrected chi connectivity index (χ1v) is 5.06. The van der Waals surface area contributed by atoms with Crippen LogP contribution in [0.5, 0.6) is 0 Å². The number of benzene rings is 1. The van der Waals surface area contributed by atoms with Crippen LogP contribution in [0.25, 0.3) is 0 Å². The minimum absolute atomic E-state index is 0.279. The lowest BCUT2D eigenvalue weighted by Crippen LogP contribution is -2.21. The lowest BCUT2D eigenvalue weighted by atomic mass is 9.90. The zero-order valence-electron chi connectivity index (χ0n) is 8.33. The number of hydrogen-bond acceptors (Lipinski definition) is 1. The zero-order valence-corrected chi connectivity index (χ0v) is 8.33. The molecule has 2 heteroatoms. The quantitative estimate of drug-likeness (QED) is 0.784. The molecule has 76 valence electrons. The third-order valence-corrected chi connectivity index (χ3v) is 2.83. The molecule has 0 amide bonds. The summed E-state index contributed by atoms with van der Waals surface area (Å²) in [6, 6.07) is 6.25. The number of halogens is 1. The van der Waals surface area contributed by atoms with Gasteiger partial charge in [-0.2, -0.15) is 0 Å². The molecule has 0 heterocycles. The van der Waals surface area contributed by atoms with Crippen LogP contribution in [0.3, 0.4) is 0 Å². The minimum atomic E-state index is -0.872. The second kappa shape index (κ2) is 3.35. The van der Waals surface area contributed by atoms with E-state index < -0.39 is 5.60 Å². The van der Waals surface area contributed by atoms with E-state index in [9.17, 15) is 9.50 Å². The van der Waals surface area contributed by atoms with Crippen LogP contribution in [0, 0.1) is 11.7 Å². The van der Waals surface area contributed by atoms with E-state index in [0.29, 0.717) is 11.5 Å². The minimum Gasteiger partial charge on any atom is -0.385 e. The first-order valence-electron chi connectivity index (χ1n) is 5.06. The van der Waals surface area contributed by atoms with E-state index in [-0.39, 0.29) is 5.82 Å². The maximum atomic E-state index is 12.9. The SMILES string of the molecule is CC(O)(CC1CC1)c1cccc(F)c1. The van der Waals surface area contributed by atoms with Crippen LogP contribution in [-0.4, -0.2) is 5.11 Å². The molecule has 1 unspecified atom stereocenters. The monoisotopic (exact) mass is 194 g/mol. The van der Waals surface area contributed by atoms with Gasteiger partial charge in [-0.1, -0.05) is 25.0 Å². The predicted octanol–water partition coefficient (Wildman–Crippen LogP) is 2.83. The fourth-order valence-corrected chi connectivity index (χ4v) is 1.83. The largest absolute Gasteiger partial charge is 0.385 e. The van der Waals surface area contributed by atoms with Crippen LogP contribution in [0.1, 0.15) is 31.7 Å². The molecule has 0 aromatic heterocycles. The van der Waals surface area contributed by atoms with Crippen LogP contribution in [-0.2, 0) is 5.60 Å². The van der Waals surface area contributed by atoms with E-state index in [1.165, 1.54) is 25.0 Å². The summed E-state index contributed by atoms with van der Waals surface area (Å²) >= 11 is 0. The van der Waals surface area contributed by atoms with E-state index in [4.69, 9.17) is 0 Å². The Morgan fingerprint density at radius 1 is 1.50 bits per heavy atom. The topological polar surface area (TPSA) is 20.2 Å². The summed E-state index contributed by atoms with van der Waals surface area (Å²) in [5.74, 6) is 0.354. The van der Waals surface area contributed by atoms with Gasteiger partial charge in [0, 0.05) is 0 Å². The Balaban J connectivity index is 2.18. The maximum absolute atomic E-state index is 12.9. The highest BCUT2D eigenvalue weighted by Gasteiger charge is 2.32. The van der Waals surface area contributed by atoms with E-state index in [1.54, 1.807) is 19.1 Å². The molecule has 0 bridgehead atoms. The Kier molecular flexibility index (Phi) is 2.31. The average molecular weight is 194 g/mol. The molecule has 14 heavy (non-hydrogen) atoms. The molecular weight excluding hydrogens is 179 g/mol. The van der Waals surface area contributed by atoms with E-state index >= 15 is 0 Å². The Hall–Kier alpha value is -0.890. The van der Waals surface area contributed by atoms with Crippen molar-refractivity contribution in [1.29, 1.82) is 0 Å². The molecule has 0 saturated heterocycles. The summed E-state index contributed by atoms with van der Waals surface area (Å²) in [5.41, 5.74) is -0.187. The van der Waals surface area contributed by atoms with Gasteiger partial charge in [-0.15, -0.1) is 0 Å². The van der Waals surface area contributed by atoms with Crippen molar-refractivity contribution in [2.24, 2.45) is 5.92 Å². The van der Waals surface area contributed by atoms with Crippen molar-refractivity contribution in [1.82, 2.24) is 0 Å². The van der Waals surface area contributed by atoms with Crippen LogP contribution >= 0.6 is 0 Å². The lowest BCUT2D eigenvalue weighted by molar-refractivity contribution is 0.0414. The summed E-state index contributed by atoms with van der Waals surface area (Å²) in [4.78, 5) is 0. The molecule has 1 fully saturated rings. The van der Waals surface area contributed by atoms with Crippen molar-refractivity contribution in [3.63, 3.8) is 0 Å². The fraction of sp³-hybridized carbons (Fsp3) is 0.500. The van der Waals surface area contributed by atoms with Crippen molar-refractivity contribution in [2.75, 3.05) is 0 Å². The van der Waals surface area contributed by atoms with Gasteiger partial charge in [0.1, 0.15) is 5.82 Å². The average Bonchev–Trinajstić information content (AvgIpc) is 2.87. The molecule has 1 N–H and O–H groups in total. The molecule has 1 nitrogen and oxygen atoms in total. The molecule has 2 rings (SSSR count). The first kappa shape index (κ1) is 9.66. The standard InChI is InChI=1S/C12H15FO/c1-12(14,8-9-5-6-9)10-3-2-4-11(13)7-10/h2-4,7,9,14H,5-6,8H2,1H3. The third kappa shape index (κ3) is 2.13. The van der Waals surface area contributed by atoms with Gasteiger partial charge in [0.25, 0.3) is 0 Å². The van der Waals surface area contributed by atoms with Crippen LogP contribution in [0.15, 0.2) is 24.3 Å². The summed E-state index contributed by atoms with van der Waals surface area (Å²) in [6.07, 6.45) is 3.15. The fourth-order valence-electron chi connectivity index (χ4n) is 1.83. The smallest absolute Gasteiger partial charge is 0.123 e. The molecule has 1 aliphatic rings. The van der Waals surface area contributed by atoms with Crippen LogP contribution in [0.2, 0.25) is 0 Å². The van der Waals surface area contributed by atoms with Crippen molar-refractivity contribution < 1.29 is 9.50 Å². The second-order valence-corrected chi connectivity index (χ2v) is 4.43. The second-order valence-electron chi connectivity index (χ2n) is 4.43. The van der Waals surface area contributed by atoms with Gasteiger partial charge < -0.3 is 5.11 Å². The summed E-state index contributed by atoms with van der Waals surface area (Å²) in [7, 11) is 0. The molecular formula is C12H15FO. The van der Waals surface area contributed by atoms with Crippen molar-refractivity contribution in [2.45, 2.75) is 31.8 Å². The number of hydrogen-bond donors (Lipinski definition) is 1. The van der Waals surface area contributed by atoms with Gasteiger partial charge in [0.2, 0.25) is 0 Å². The molecule has 1 atom stereocenters. The van der Waals surface area contributed by atoms with Gasteiger partial charge in [0.05, 0.1) is 5.60 Å². The van der Waals surface area contributed by atoms with E-state index in [2.05, 4.69) is 0 Å². The number of rotatable bonds is 3. The summed E-state index contributed by atoms with van der Waals surface area (Å²) in [5, 5.41) is 10.2. The van der Waals surface area contributed by atoms with Crippen molar-refractivity contribution >= 4 is 0 Å². The van der Waals surface area contributed by atoms with Gasteiger partial charge in [-0.05, 0) is 37.0 Å². The van der Waals surface area contributed by atoms with E-state index in [1.807, 2.05) is 0 Å². The van der Waals surface area contributed by atoms with Gasteiger partial charge in [-0.3, -0.25) is 0 Å². The molecule has 1 aromatic rings. The molecule has 0 radical (unpaired) electrons. The summed E-state index contributed by atoms with van der Waals surface area (Å²) in [6.45, 7) is 1.76. The van der Waals surface area contributed by atoms with Gasteiger partial charge >= 0.3 is 0 Å². The van der Waals surface area contributed by atoms with Crippen LogP contribution < -0.4 is 0 Å². The van der Waals surface area contributed by atoms with Crippen molar-refractivity contribution in [3.8, 4) is 0 Å². The van der Waals surface area contributed by atoms with Gasteiger partial charge in [0.15, 0.2) is 0 Å². The predicted molar refractivity (Wildman–Crippen MR) is 53.3 cm³/mol. The Labute approximate surface area is 83.6 Å². The molecule has 1 saturated carbocycles. The maximum Gasteiger partial charge on any atom is 0.123 e. The lowest BCUT2D eigenvalue weighted by Gasteiger charge is -2.23. The highest BCUT2D eigenvalue weighted by molar-refractivity contribution is 5.22. The molecule has 0 spiro atoms. The highest BCUT2D eigenvalue weighted by Crippen LogP contribution is 2.40. The normalized spacial score (nSPS) is 20.5. The third-order valence-electron chi connectivity index (χ3n) is 2.83. The first-order chi connectivity index (χ1) is 6.58. The zero-order chi connectivity index (χ0) is 10.2. The van der Waals surface area contributed by atoms with Gasteiger partial charge in [-0.25, -0.2) is 4.39 Å². The molecule has 1 aliphatic carbocycles. The highest BCUT2D eigenvalue weighted by atomic mass is 19.1. The number of aliphatic hydroxyl groups is 1. The Morgan fingerprint density at radius 3 is 2.79 bits per heavy atom. The molecule has 1 aromatic carbocycles. The Morgan fingerprint density at radius 2 is 2.21 bits per heavy atom. The molecule has 0 aliphatic heterocycles. The van der Waals surface area contributed by atoms with Crippen LogP contribution in [0.4, 0.5) is 4.39 Å². The summed E-state index contributed by atoms with van der Waals surface area (Å²) < 4.78 is 12.9. The van der Waals surface area contributed by atoms with E-state index in [0.717, 1.165) is 6.42 Å². The van der Waals surface area contributed by atoms with Crippen molar-refractivity contribution in [3.05, 3.63) is 35.6 Å². The Bertz CT molecular complexity index is 329.